The van der Waals surface area contributed by atoms with Crippen molar-refractivity contribution in [3.63, 3.8) is 0 Å². The second-order valence-corrected chi connectivity index (χ2v) is 5.28. The molecule has 0 unspecified atom stereocenters. The van der Waals surface area contributed by atoms with E-state index in [1.165, 1.54) is 12.8 Å². The van der Waals surface area contributed by atoms with Crippen LogP contribution < -0.4 is 0 Å². The summed E-state index contributed by atoms with van der Waals surface area (Å²) in [6.45, 7) is 2.79. The van der Waals surface area contributed by atoms with E-state index < -0.39 is 5.60 Å². The van der Waals surface area contributed by atoms with Crippen LogP contribution in [0.3, 0.4) is 0 Å². The van der Waals surface area contributed by atoms with Gasteiger partial charge in [0.2, 0.25) is 5.78 Å². The average molecular weight is 265 g/mol. The molecule has 1 aliphatic carbocycles. The minimum atomic E-state index is -0.663. The molecule has 0 saturated heterocycles. The van der Waals surface area contributed by atoms with E-state index in [1.54, 1.807) is 18.0 Å². The van der Waals surface area contributed by atoms with E-state index in [1.807, 2.05) is 0 Å². The first-order valence-electron chi connectivity index (χ1n) is 7.22. The first-order valence-corrected chi connectivity index (χ1v) is 7.22. The third-order valence-electron chi connectivity index (χ3n) is 4.00. The van der Waals surface area contributed by atoms with Gasteiger partial charge in [0, 0.05) is 13.7 Å². The van der Waals surface area contributed by atoms with Gasteiger partial charge in [-0.15, -0.1) is 5.10 Å². The van der Waals surface area contributed by atoms with Crippen molar-refractivity contribution in [2.45, 2.75) is 64.0 Å². The minimum absolute atomic E-state index is 0.0513. The topological polar surface area (TPSA) is 57.0 Å². The lowest BCUT2D eigenvalue weighted by Gasteiger charge is -2.29. The molecule has 1 fully saturated rings. The lowest BCUT2D eigenvalue weighted by atomic mass is 9.88. The Hall–Kier alpha value is -1.23. The lowest BCUT2D eigenvalue weighted by molar-refractivity contribution is -0.00774. The second-order valence-electron chi connectivity index (χ2n) is 5.28. The number of Topliss-reactive ketones (excluding diaryl/α,β-unsaturated/α-hetero) is 1. The Balaban J connectivity index is 2.26. The Morgan fingerprint density at radius 1 is 1.37 bits per heavy atom. The number of carbonyl (C=O) groups excluding carboxylic acids is 1. The fourth-order valence-corrected chi connectivity index (χ4v) is 2.87. The maximum absolute atomic E-state index is 12.8. The summed E-state index contributed by atoms with van der Waals surface area (Å²) in [6.07, 6.45) is 8.59. The molecule has 1 aliphatic rings. The predicted octanol–water partition coefficient (Wildman–Crippen LogP) is 2.61. The van der Waals surface area contributed by atoms with Crippen molar-refractivity contribution in [3.05, 3.63) is 11.9 Å². The number of rotatable bonds is 5. The van der Waals surface area contributed by atoms with Crippen LogP contribution in [0.4, 0.5) is 0 Å². The fraction of sp³-hybridized carbons (Fsp3) is 0.786. The first kappa shape index (κ1) is 14.2. The Morgan fingerprint density at radius 3 is 2.63 bits per heavy atom. The van der Waals surface area contributed by atoms with Gasteiger partial charge in [-0.05, 0) is 19.3 Å². The molecule has 0 atom stereocenters. The van der Waals surface area contributed by atoms with Crippen molar-refractivity contribution in [2.24, 2.45) is 0 Å². The zero-order valence-corrected chi connectivity index (χ0v) is 11.9. The number of aromatic nitrogens is 3. The molecule has 106 valence electrons. The highest BCUT2D eigenvalue weighted by Gasteiger charge is 2.40. The zero-order chi connectivity index (χ0) is 13.7. The third-order valence-corrected chi connectivity index (χ3v) is 4.00. The molecule has 0 bridgehead atoms. The van der Waals surface area contributed by atoms with Gasteiger partial charge in [-0.25, -0.2) is 4.68 Å². The van der Waals surface area contributed by atoms with E-state index in [0.29, 0.717) is 5.69 Å². The number of methoxy groups -OCH3 is 1. The summed E-state index contributed by atoms with van der Waals surface area (Å²) < 4.78 is 7.36. The number of carbonyl (C=O) groups is 1. The van der Waals surface area contributed by atoms with Crippen LogP contribution >= 0.6 is 0 Å². The molecule has 2 rings (SSSR count). The van der Waals surface area contributed by atoms with Crippen LogP contribution in [0.25, 0.3) is 0 Å². The predicted molar refractivity (Wildman–Crippen MR) is 72.1 cm³/mol. The van der Waals surface area contributed by atoms with Crippen LogP contribution in [0.15, 0.2) is 6.20 Å². The number of aryl methyl sites for hydroxylation is 1. The Morgan fingerprint density at radius 2 is 2.05 bits per heavy atom. The molecule has 1 aromatic rings. The minimum Gasteiger partial charge on any atom is -0.370 e. The monoisotopic (exact) mass is 265 g/mol. The van der Waals surface area contributed by atoms with Crippen LogP contribution in [0.5, 0.6) is 0 Å². The van der Waals surface area contributed by atoms with Crippen molar-refractivity contribution in [2.75, 3.05) is 7.11 Å². The van der Waals surface area contributed by atoms with Crippen LogP contribution in [0.2, 0.25) is 0 Å². The normalized spacial score (nSPS) is 19.1. The summed E-state index contributed by atoms with van der Waals surface area (Å²) in [5.74, 6) is 0.0513. The van der Waals surface area contributed by atoms with Crippen molar-refractivity contribution in [1.82, 2.24) is 15.0 Å². The van der Waals surface area contributed by atoms with Gasteiger partial charge in [-0.2, -0.15) is 0 Å². The molecular weight excluding hydrogens is 242 g/mol. The third kappa shape index (κ3) is 2.86. The zero-order valence-electron chi connectivity index (χ0n) is 11.9. The lowest BCUT2D eigenvalue weighted by Crippen LogP contribution is -2.41. The van der Waals surface area contributed by atoms with Crippen LogP contribution in [-0.4, -0.2) is 33.5 Å². The number of ketones is 1. The molecule has 0 spiro atoms. The summed E-state index contributed by atoms with van der Waals surface area (Å²) in [7, 11) is 1.65. The number of hydrogen-bond acceptors (Lipinski definition) is 4. The van der Waals surface area contributed by atoms with E-state index in [-0.39, 0.29) is 5.78 Å². The van der Waals surface area contributed by atoms with Gasteiger partial charge < -0.3 is 4.74 Å². The maximum atomic E-state index is 12.8. The summed E-state index contributed by atoms with van der Waals surface area (Å²) in [5, 5.41) is 7.88. The van der Waals surface area contributed by atoms with E-state index in [9.17, 15) is 4.79 Å². The van der Waals surface area contributed by atoms with E-state index in [2.05, 4.69) is 17.2 Å². The standard InChI is InChI=1S/C14H23N3O2/c1-3-10-17-12(11-15-16-17)13(18)14(19-2)8-6-4-5-7-9-14/h11H,3-10H2,1-2H3. The van der Waals surface area contributed by atoms with Gasteiger partial charge in [-0.3, -0.25) is 4.79 Å². The van der Waals surface area contributed by atoms with Gasteiger partial charge >= 0.3 is 0 Å². The van der Waals surface area contributed by atoms with Gasteiger partial charge in [0.25, 0.3) is 0 Å². The SMILES string of the molecule is CCCn1nncc1C(=O)C1(OC)CCCCCC1. The van der Waals surface area contributed by atoms with Gasteiger partial charge in [0.15, 0.2) is 0 Å². The van der Waals surface area contributed by atoms with Crippen molar-refractivity contribution in [3.8, 4) is 0 Å². The van der Waals surface area contributed by atoms with E-state index in [4.69, 9.17) is 4.74 Å². The maximum Gasteiger partial charge on any atom is 0.214 e. The largest absolute Gasteiger partial charge is 0.370 e. The van der Waals surface area contributed by atoms with Crippen molar-refractivity contribution in [1.29, 1.82) is 0 Å². The van der Waals surface area contributed by atoms with Gasteiger partial charge in [0.05, 0.1) is 6.20 Å². The molecule has 5 heteroatoms. The molecule has 19 heavy (non-hydrogen) atoms. The summed E-state index contributed by atoms with van der Waals surface area (Å²) in [5.41, 5.74) is -0.0745. The summed E-state index contributed by atoms with van der Waals surface area (Å²) in [4.78, 5) is 12.8. The molecule has 1 heterocycles. The number of hydrogen-bond donors (Lipinski definition) is 0. The molecule has 1 aromatic heterocycles. The molecule has 0 amide bonds. The quantitative estimate of drug-likeness (QED) is 0.606. The molecule has 0 radical (unpaired) electrons. The Kier molecular flexibility index (Phi) is 4.69. The molecule has 0 aromatic carbocycles. The smallest absolute Gasteiger partial charge is 0.214 e. The van der Waals surface area contributed by atoms with Gasteiger partial charge in [0.1, 0.15) is 11.3 Å². The number of ether oxygens (including phenoxy) is 1. The highest BCUT2D eigenvalue weighted by Crippen LogP contribution is 2.33. The first-order chi connectivity index (χ1) is 9.23. The average Bonchev–Trinajstić information content (AvgIpc) is 2.74. The van der Waals surface area contributed by atoms with E-state index in [0.717, 1.165) is 38.6 Å². The molecule has 1 saturated carbocycles. The van der Waals surface area contributed by atoms with Crippen LogP contribution in [-0.2, 0) is 11.3 Å². The molecule has 5 nitrogen and oxygen atoms in total. The summed E-state index contributed by atoms with van der Waals surface area (Å²) >= 11 is 0. The summed E-state index contributed by atoms with van der Waals surface area (Å²) in [6, 6.07) is 0. The van der Waals surface area contributed by atoms with Gasteiger partial charge in [-0.1, -0.05) is 37.8 Å². The molecule has 0 N–H and O–H groups in total. The van der Waals surface area contributed by atoms with Crippen molar-refractivity contribution < 1.29 is 9.53 Å². The van der Waals surface area contributed by atoms with Crippen LogP contribution in [0, 0.1) is 0 Å². The van der Waals surface area contributed by atoms with Crippen molar-refractivity contribution >= 4 is 5.78 Å². The second kappa shape index (κ2) is 6.28. The molecule has 0 aliphatic heterocycles. The fourth-order valence-electron chi connectivity index (χ4n) is 2.87. The van der Waals surface area contributed by atoms with Crippen LogP contribution in [0.1, 0.15) is 62.4 Å². The number of nitrogens with zero attached hydrogens (tertiary/aromatic N) is 3. The highest BCUT2D eigenvalue weighted by molar-refractivity contribution is 6.01. The Bertz CT molecular complexity index is 420. The Labute approximate surface area is 114 Å². The highest BCUT2D eigenvalue weighted by atomic mass is 16.5. The molecular formula is C14H23N3O2. The van der Waals surface area contributed by atoms with E-state index >= 15 is 0 Å².